The van der Waals surface area contributed by atoms with Crippen molar-refractivity contribution in [3.05, 3.63) is 0 Å². The molecule has 0 saturated carbocycles. The van der Waals surface area contributed by atoms with Crippen LogP contribution in [0.1, 0.15) is 33.6 Å². The van der Waals surface area contributed by atoms with Crippen LogP contribution < -0.4 is 16.0 Å². The lowest BCUT2D eigenvalue weighted by atomic mass is 9.74. The molecule has 2 rings (SSSR count). The highest BCUT2D eigenvalue weighted by Gasteiger charge is 2.47. The number of nitrogens with one attached hydrogen (secondary N) is 3. The first kappa shape index (κ1) is 16.5. The number of hydrogen-bond acceptors (Lipinski definition) is 6. The van der Waals surface area contributed by atoms with Crippen LogP contribution in [0.15, 0.2) is 0 Å². The van der Waals surface area contributed by atoms with Crippen molar-refractivity contribution in [3.8, 4) is 0 Å². The van der Waals surface area contributed by atoms with Gasteiger partial charge < -0.3 is 24.0 Å². The minimum atomic E-state index is -0.526. The zero-order valence-corrected chi connectivity index (χ0v) is 14.8. The summed E-state index contributed by atoms with van der Waals surface area (Å²) >= 11 is 10.8. The fourth-order valence-corrected chi connectivity index (χ4v) is 5.54. The Morgan fingerprint density at radius 2 is 2.10 bits per heavy atom. The van der Waals surface area contributed by atoms with Gasteiger partial charge in [-0.1, -0.05) is 18.6 Å². The summed E-state index contributed by atoms with van der Waals surface area (Å²) in [4.78, 5) is 12.3. The predicted molar refractivity (Wildman–Crippen MR) is 90.1 cm³/mol. The fraction of sp³-hybridized carbons (Fsp3) is 0.923. The second-order valence-electron chi connectivity index (χ2n) is 6.37. The highest BCUT2D eigenvalue weighted by molar-refractivity contribution is 8.47. The summed E-state index contributed by atoms with van der Waals surface area (Å²) in [5.41, 5.74) is -0.103. The van der Waals surface area contributed by atoms with Gasteiger partial charge in [0.05, 0.1) is 6.04 Å². The molecule has 116 valence electrons. The first-order valence-electron chi connectivity index (χ1n) is 7.15. The highest BCUT2D eigenvalue weighted by Crippen LogP contribution is 2.40. The Morgan fingerprint density at radius 1 is 1.40 bits per heavy atom. The molecule has 7 heteroatoms. The van der Waals surface area contributed by atoms with E-state index in [4.69, 9.17) is 22.4 Å². The van der Waals surface area contributed by atoms with Crippen LogP contribution >= 0.6 is 0 Å². The Balaban J connectivity index is 2.10. The Hall–Kier alpha value is 0.180. The van der Waals surface area contributed by atoms with Crippen molar-refractivity contribution in [1.82, 2.24) is 16.0 Å². The van der Waals surface area contributed by atoms with Gasteiger partial charge >= 0.3 is 0 Å². The molecule has 0 aromatic heterocycles. The molecule has 3 unspecified atom stereocenters. The smallest absolute Gasteiger partial charge is 0.237 e. The second kappa shape index (κ2) is 6.12. The molecule has 0 radical (unpaired) electrons. The summed E-state index contributed by atoms with van der Waals surface area (Å²) in [5, 5.41) is 9.84. The molecule has 2 fully saturated rings. The normalized spacial score (nSPS) is 39.1. The molecule has 2 heterocycles. The van der Waals surface area contributed by atoms with Gasteiger partial charge in [0.2, 0.25) is 5.91 Å². The summed E-state index contributed by atoms with van der Waals surface area (Å²) in [6, 6.07) is 0.0187. The van der Waals surface area contributed by atoms with E-state index in [1.807, 2.05) is 0 Å². The molecule has 20 heavy (non-hydrogen) atoms. The average molecular weight is 335 g/mol. The number of hydrogen-bond donors (Lipinski definition) is 3. The van der Waals surface area contributed by atoms with Crippen molar-refractivity contribution in [2.24, 2.45) is 5.41 Å². The van der Waals surface area contributed by atoms with Crippen LogP contribution in [-0.4, -0.2) is 42.4 Å². The van der Waals surface area contributed by atoms with Crippen LogP contribution in [0, 0.1) is 5.41 Å². The summed E-state index contributed by atoms with van der Waals surface area (Å²) in [6.07, 6.45) is 2.00. The van der Waals surface area contributed by atoms with Gasteiger partial charge in [-0.3, -0.25) is 27.2 Å². The zero-order chi connectivity index (χ0) is 15.0. The van der Waals surface area contributed by atoms with Crippen molar-refractivity contribution < 1.29 is 4.79 Å². The topological polar surface area (TPSA) is 53.2 Å². The fourth-order valence-electron chi connectivity index (χ4n) is 3.19. The van der Waals surface area contributed by atoms with E-state index >= 15 is 0 Å². The molecule has 0 aliphatic carbocycles. The molecule has 0 aromatic carbocycles. The van der Waals surface area contributed by atoms with E-state index < -0.39 is 8.01 Å². The summed E-state index contributed by atoms with van der Waals surface area (Å²) in [5.74, 6) is 0.110. The minimum Gasteiger partial charge on any atom is -0.352 e. The van der Waals surface area contributed by atoms with Gasteiger partial charge in [0.1, 0.15) is 0 Å². The third-order valence-electron chi connectivity index (χ3n) is 5.22. The Morgan fingerprint density at radius 3 is 2.65 bits per heavy atom. The van der Waals surface area contributed by atoms with E-state index in [9.17, 15) is 4.79 Å². The van der Waals surface area contributed by atoms with Crippen molar-refractivity contribution in [2.75, 3.05) is 19.6 Å². The highest BCUT2D eigenvalue weighted by atomic mass is 33.1. The van der Waals surface area contributed by atoms with Crippen LogP contribution in [-0.2, 0) is 35.2 Å². The van der Waals surface area contributed by atoms with E-state index in [1.54, 1.807) is 0 Å². The van der Waals surface area contributed by atoms with Gasteiger partial charge in [0.25, 0.3) is 0 Å². The van der Waals surface area contributed by atoms with Crippen LogP contribution in [0.25, 0.3) is 0 Å². The maximum atomic E-state index is 12.3. The molecule has 2 aliphatic rings. The van der Waals surface area contributed by atoms with Gasteiger partial charge in [-0.2, -0.15) is 0 Å². The van der Waals surface area contributed by atoms with E-state index in [1.165, 1.54) is 0 Å². The Bertz CT molecular complexity index is 454. The number of carbonyl (C=O) groups is 1. The average Bonchev–Trinajstić information content (AvgIpc) is 3.00. The van der Waals surface area contributed by atoms with E-state index in [-0.39, 0.29) is 28.2 Å². The van der Waals surface area contributed by atoms with Crippen molar-refractivity contribution in [3.63, 3.8) is 0 Å². The molecule has 0 bridgehead atoms. The molecular formula is C13H24N3OS3-. The molecular weight excluding hydrogens is 310 g/mol. The van der Waals surface area contributed by atoms with E-state index in [0.717, 1.165) is 32.5 Å². The third-order valence-corrected chi connectivity index (χ3v) is 8.78. The van der Waals surface area contributed by atoms with Gasteiger partial charge in [0, 0.05) is 12.6 Å². The Kier molecular flexibility index (Phi) is 5.07. The lowest BCUT2D eigenvalue weighted by Crippen LogP contribution is -2.58. The van der Waals surface area contributed by atoms with Gasteiger partial charge in [-0.15, -0.1) is 0 Å². The largest absolute Gasteiger partial charge is 0.352 e. The predicted octanol–water partition coefficient (Wildman–Crippen LogP) is 0.153. The van der Waals surface area contributed by atoms with Crippen LogP contribution in [0.5, 0.6) is 0 Å². The molecule has 0 spiro atoms. The van der Waals surface area contributed by atoms with Crippen LogP contribution in [0.2, 0.25) is 0 Å². The van der Waals surface area contributed by atoms with Crippen molar-refractivity contribution in [1.29, 1.82) is 0 Å². The standard InChI is InChI=1S/C13H24N3OS3/c1-9(16-11(17)10-5-4-6-15-10)12(2)7-14-8-13(12,3)20(18)19/h9-10,14-15H,4-8H2,1-3H3,(H,16,17)/q-1/t9?,10-,12?,13?/m0/s1. The zero-order valence-electron chi connectivity index (χ0n) is 12.3. The molecule has 1 amide bonds. The Labute approximate surface area is 132 Å². The lowest BCUT2D eigenvalue weighted by Gasteiger charge is -2.49. The molecule has 3 N–H and O–H groups in total. The first-order valence-corrected chi connectivity index (χ1v) is 10.2. The summed E-state index contributed by atoms with van der Waals surface area (Å²) in [7, 11) is -0.526. The van der Waals surface area contributed by atoms with E-state index in [0.29, 0.717) is 0 Å². The molecule has 0 aromatic rings. The molecule has 2 saturated heterocycles. The molecule has 4 atom stereocenters. The van der Waals surface area contributed by atoms with Crippen molar-refractivity contribution >= 4 is 36.3 Å². The number of carbonyl (C=O) groups excluding carboxylic acids is 1. The third kappa shape index (κ3) is 2.75. The monoisotopic (exact) mass is 334 g/mol. The summed E-state index contributed by atoms with van der Waals surface area (Å²) < 4.78 is -0.131. The maximum absolute atomic E-state index is 12.3. The quantitative estimate of drug-likeness (QED) is 0.639. The molecule has 4 nitrogen and oxygen atoms in total. The van der Waals surface area contributed by atoms with Gasteiger partial charge in [0.15, 0.2) is 0 Å². The molecule has 2 aliphatic heterocycles. The van der Waals surface area contributed by atoms with E-state index in [2.05, 4.69) is 36.7 Å². The SMILES string of the molecule is CC(NC(=O)[C@@H]1CCCN1)C1(C)CNCC1(C)[S-](=S)=S. The van der Waals surface area contributed by atoms with Crippen LogP contribution in [0.3, 0.4) is 0 Å². The first-order chi connectivity index (χ1) is 9.31. The maximum Gasteiger partial charge on any atom is 0.237 e. The second-order valence-corrected chi connectivity index (χ2v) is 10.4. The lowest BCUT2D eigenvalue weighted by molar-refractivity contribution is -0.124. The van der Waals surface area contributed by atoms with Gasteiger partial charge in [-0.25, -0.2) is 0 Å². The number of amides is 1. The summed E-state index contributed by atoms with van der Waals surface area (Å²) in [6.45, 7) is 9.05. The number of rotatable bonds is 4. The minimum absolute atomic E-state index is 0.0353. The van der Waals surface area contributed by atoms with Crippen LogP contribution in [0.4, 0.5) is 0 Å². The van der Waals surface area contributed by atoms with Crippen molar-refractivity contribution in [2.45, 2.75) is 50.4 Å². The van der Waals surface area contributed by atoms with Gasteiger partial charge in [-0.05, 0) is 38.3 Å².